The quantitative estimate of drug-likeness (QED) is 0.288. The molecule has 5 N–H and O–H groups in total. The van der Waals surface area contributed by atoms with Crippen LogP contribution in [0, 0.1) is 0 Å². The number of anilines is 2. The number of hydrogen-bond donors (Lipinski definition) is 4. The van der Waals surface area contributed by atoms with Crippen molar-refractivity contribution >= 4 is 40.1 Å². The maximum absolute atomic E-state index is 12.6. The summed E-state index contributed by atoms with van der Waals surface area (Å²) >= 11 is 0. The monoisotopic (exact) mass is 470 g/mol. The Labute approximate surface area is 202 Å². The van der Waals surface area contributed by atoms with Gasteiger partial charge in [0.25, 0.3) is 5.91 Å². The summed E-state index contributed by atoms with van der Waals surface area (Å²) in [6, 6.07) is 22.4. The molecule has 0 spiro atoms. The van der Waals surface area contributed by atoms with Gasteiger partial charge in [0.15, 0.2) is 0 Å². The minimum absolute atomic E-state index is 0.191. The van der Waals surface area contributed by atoms with Crippen molar-refractivity contribution in [2.75, 3.05) is 17.2 Å². The number of rotatable bonds is 8. The number of aromatic nitrogens is 1. The molecule has 3 aromatic carbocycles. The van der Waals surface area contributed by atoms with Gasteiger partial charge in [-0.2, -0.15) is 0 Å². The van der Waals surface area contributed by atoms with E-state index in [9.17, 15) is 14.4 Å². The molecule has 8 heteroatoms. The molecule has 0 aliphatic rings. The standard InChI is InChI=1S/C27H26N4O4/c1-2-35-27(34)24-16-19-15-21(12-13-23(19)31-24)30-26(33)22(28)14-17-8-10-20(11-9-17)29-25(32)18-6-4-3-5-7-18/h3-13,15-16,22,31H,2,14,28H2,1H3,(H,29,32)(H,30,33). The molecule has 0 radical (unpaired) electrons. The molecule has 1 atom stereocenters. The van der Waals surface area contributed by atoms with E-state index >= 15 is 0 Å². The van der Waals surface area contributed by atoms with Crippen molar-refractivity contribution < 1.29 is 19.1 Å². The molecule has 1 unspecified atom stereocenters. The van der Waals surface area contributed by atoms with Gasteiger partial charge in [0.2, 0.25) is 5.91 Å². The molecular formula is C27H26N4O4. The third-order valence-electron chi connectivity index (χ3n) is 5.42. The number of benzene rings is 3. The molecule has 4 aromatic rings. The largest absolute Gasteiger partial charge is 0.461 e. The van der Waals surface area contributed by atoms with Crippen LogP contribution in [0.2, 0.25) is 0 Å². The van der Waals surface area contributed by atoms with E-state index < -0.39 is 12.0 Å². The molecule has 0 aliphatic carbocycles. The summed E-state index contributed by atoms with van der Waals surface area (Å²) < 4.78 is 5.01. The minimum Gasteiger partial charge on any atom is -0.461 e. The van der Waals surface area contributed by atoms with E-state index in [-0.39, 0.29) is 11.8 Å². The van der Waals surface area contributed by atoms with Crippen molar-refractivity contribution in [3.8, 4) is 0 Å². The molecule has 4 rings (SSSR count). The fourth-order valence-corrected chi connectivity index (χ4v) is 3.63. The van der Waals surface area contributed by atoms with Crippen molar-refractivity contribution in [3.63, 3.8) is 0 Å². The lowest BCUT2D eigenvalue weighted by molar-refractivity contribution is -0.117. The van der Waals surface area contributed by atoms with E-state index in [1.54, 1.807) is 55.5 Å². The van der Waals surface area contributed by atoms with Crippen molar-refractivity contribution in [3.05, 3.63) is 95.7 Å². The molecule has 0 fully saturated rings. The van der Waals surface area contributed by atoms with Gasteiger partial charge in [-0.15, -0.1) is 0 Å². The van der Waals surface area contributed by atoms with Gasteiger partial charge in [-0.3, -0.25) is 9.59 Å². The van der Waals surface area contributed by atoms with E-state index in [0.29, 0.717) is 35.7 Å². The van der Waals surface area contributed by atoms with Crippen LogP contribution < -0.4 is 16.4 Å². The van der Waals surface area contributed by atoms with Gasteiger partial charge in [-0.25, -0.2) is 4.79 Å². The first-order valence-corrected chi connectivity index (χ1v) is 11.2. The Morgan fingerprint density at radius 3 is 2.34 bits per heavy atom. The maximum Gasteiger partial charge on any atom is 0.354 e. The van der Waals surface area contributed by atoms with Crippen molar-refractivity contribution in [2.45, 2.75) is 19.4 Å². The summed E-state index contributed by atoms with van der Waals surface area (Å²) in [4.78, 5) is 39.8. The molecule has 0 bridgehead atoms. The normalized spacial score (nSPS) is 11.6. The lowest BCUT2D eigenvalue weighted by atomic mass is 10.1. The third-order valence-corrected chi connectivity index (χ3v) is 5.42. The lowest BCUT2D eigenvalue weighted by Gasteiger charge is -2.13. The number of nitrogens with two attached hydrogens (primary N) is 1. The molecule has 0 aliphatic heterocycles. The topological polar surface area (TPSA) is 126 Å². The van der Waals surface area contributed by atoms with Crippen LogP contribution in [0.3, 0.4) is 0 Å². The van der Waals surface area contributed by atoms with Crippen LogP contribution in [-0.4, -0.2) is 35.4 Å². The van der Waals surface area contributed by atoms with E-state index in [1.807, 2.05) is 30.3 Å². The van der Waals surface area contributed by atoms with Crippen LogP contribution >= 0.6 is 0 Å². The Morgan fingerprint density at radius 2 is 1.63 bits per heavy atom. The van der Waals surface area contributed by atoms with Crippen LogP contribution in [0.1, 0.15) is 33.3 Å². The number of ether oxygens (including phenoxy) is 1. The Morgan fingerprint density at radius 1 is 0.914 bits per heavy atom. The second kappa shape index (κ2) is 10.7. The van der Waals surface area contributed by atoms with E-state index in [2.05, 4.69) is 15.6 Å². The van der Waals surface area contributed by atoms with Gasteiger partial charge >= 0.3 is 5.97 Å². The predicted molar refractivity (Wildman–Crippen MR) is 135 cm³/mol. The van der Waals surface area contributed by atoms with Gasteiger partial charge in [0.05, 0.1) is 12.6 Å². The number of nitrogens with one attached hydrogen (secondary N) is 3. The number of carbonyl (C=O) groups is 3. The Balaban J connectivity index is 1.34. The summed E-state index contributed by atoms with van der Waals surface area (Å²) in [6.45, 7) is 2.04. The van der Waals surface area contributed by atoms with Gasteiger partial charge in [0, 0.05) is 27.8 Å². The molecule has 1 heterocycles. The summed E-state index contributed by atoms with van der Waals surface area (Å²) in [7, 11) is 0. The molecular weight excluding hydrogens is 444 g/mol. The summed E-state index contributed by atoms with van der Waals surface area (Å²) in [6.07, 6.45) is 0.331. The zero-order valence-corrected chi connectivity index (χ0v) is 19.2. The Kier molecular flexibility index (Phi) is 7.23. The molecule has 2 amide bonds. The number of hydrogen-bond acceptors (Lipinski definition) is 5. The van der Waals surface area contributed by atoms with Gasteiger partial charge in [-0.05, 0) is 67.4 Å². The van der Waals surface area contributed by atoms with Gasteiger partial charge in [0.1, 0.15) is 5.69 Å². The summed E-state index contributed by atoms with van der Waals surface area (Å²) in [5.41, 5.74) is 9.91. The zero-order chi connectivity index (χ0) is 24.8. The minimum atomic E-state index is -0.767. The lowest BCUT2D eigenvalue weighted by Crippen LogP contribution is -2.37. The van der Waals surface area contributed by atoms with Gasteiger partial charge < -0.3 is 26.1 Å². The molecule has 1 aromatic heterocycles. The summed E-state index contributed by atoms with van der Waals surface area (Å²) in [5, 5.41) is 6.44. The van der Waals surface area contributed by atoms with Crippen LogP contribution in [0.4, 0.5) is 11.4 Å². The molecule has 178 valence electrons. The number of fused-ring (bicyclic) bond motifs is 1. The first-order valence-electron chi connectivity index (χ1n) is 11.2. The van der Waals surface area contributed by atoms with Crippen LogP contribution in [0.15, 0.2) is 78.9 Å². The first kappa shape index (κ1) is 23.7. The number of H-pyrrole nitrogens is 1. The van der Waals surface area contributed by atoms with E-state index in [1.165, 1.54) is 0 Å². The molecule has 0 saturated carbocycles. The highest BCUT2D eigenvalue weighted by molar-refractivity contribution is 6.04. The molecule has 8 nitrogen and oxygen atoms in total. The predicted octanol–water partition coefficient (Wildman–Crippen LogP) is 4.11. The number of aromatic amines is 1. The second-order valence-corrected chi connectivity index (χ2v) is 8.02. The molecule has 0 saturated heterocycles. The van der Waals surface area contributed by atoms with Gasteiger partial charge in [-0.1, -0.05) is 30.3 Å². The number of amides is 2. The highest BCUT2D eigenvalue weighted by Crippen LogP contribution is 2.21. The summed E-state index contributed by atoms with van der Waals surface area (Å²) in [5.74, 6) is -0.947. The Hall–Kier alpha value is -4.43. The van der Waals surface area contributed by atoms with Crippen LogP contribution in [0.5, 0.6) is 0 Å². The average molecular weight is 471 g/mol. The molecule has 35 heavy (non-hydrogen) atoms. The average Bonchev–Trinajstić information content (AvgIpc) is 3.29. The number of esters is 1. The third kappa shape index (κ3) is 5.93. The van der Waals surface area contributed by atoms with E-state index in [0.717, 1.165) is 16.5 Å². The highest BCUT2D eigenvalue weighted by Gasteiger charge is 2.16. The second-order valence-electron chi connectivity index (χ2n) is 8.02. The fraction of sp³-hybridized carbons (Fsp3) is 0.148. The SMILES string of the molecule is CCOC(=O)c1cc2cc(NC(=O)C(N)Cc3ccc(NC(=O)c4ccccc4)cc3)ccc2[nH]1. The van der Waals surface area contributed by atoms with Crippen molar-refractivity contribution in [1.29, 1.82) is 0 Å². The zero-order valence-electron chi connectivity index (χ0n) is 19.2. The fourth-order valence-electron chi connectivity index (χ4n) is 3.63. The highest BCUT2D eigenvalue weighted by atomic mass is 16.5. The van der Waals surface area contributed by atoms with E-state index in [4.69, 9.17) is 10.5 Å². The number of carbonyl (C=O) groups excluding carboxylic acids is 3. The first-order chi connectivity index (χ1) is 16.9. The van der Waals surface area contributed by atoms with Crippen molar-refractivity contribution in [2.24, 2.45) is 5.73 Å². The smallest absolute Gasteiger partial charge is 0.354 e. The van der Waals surface area contributed by atoms with Crippen LogP contribution in [-0.2, 0) is 16.0 Å². The van der Waals surface area contributed by atoms with Crippen molar-refractivity contribution in [1.82, 2.24) is 4.98 Å². The Bertz CT molecular complexity index is 1350. The van der Waals surface area contributed by atoms with Crippen LogP contribution in [0.25, 0.3) is 10.9 Å². The maximum atomic E-state index is 12.6.